The van der Waals surface area contributed by atoms with Gasteiger partial charge < -0.3 is 5.32 Å². The lowest BCUT2D eigenvalue weighted by Crippen LogP contribution is -2.16. The van der Waals surface area contributed by atoms with Crippen LogP contribution in [0.4, 0.5) is 11.6 Å². The minimum atomic E-state index is -0.194. The highest BCUT2D eigenvalue weighted by Crippen LogP contribution is 2.16. The highest BCUT2D eigenvalue weighted by molar-refractivity contribution is 6.04. The maximum atomic E-state index is 12.3. The van der Waals surface area contributed by atoms with E-state index in [0.29, 0.717) is 11.5 Å². The highest BCUT2D eigenvalue weighted by atomic mass is 16.1. The second-order valence-corrected chi connectivity index (χ2v) is 4.99. The Morgan fingerprint density at radius 2 is 1.76 bits per heavy atom. The maximum Gasteiger partial charge on any atom is 0.258 e. The molecule has 0 aliphatic rings. The lowest BCUT2D eigenvalue weighted by atomic mass is 10.1. The van der Waals surface area contributed by atoms with Gasteiger partial charge in [-0.1, -0.05) is 0 Å². The van der Waals surface area contributed by atoms with Gasteiger partial charge in [0.2, 0.25) is 5.95 Å². The van der Waals surface area contributed by atoms with Gasteiger partial charge in [0.15, 0.2) is 0 Å². The Balaban J connectivity index is 2.20. The highest BCUT2D eigenvalue weighted by Gasteiger charge is 2.11. The average molecular weight is 284 g/mol. The molecule has 1 aromatic heterocycles. The monoisotopic (exact) mass is 284 g/mol. The Morgan fingerprint density at radius 3 is 2.33 bits per heavy atom. The number of benzene rings is 1. The molecule has 110 valence electrons. The number of hydrogen-bond donors (Lipinski definition) is 2. The molecular weight excluding hydrogens is 264 g/mol. The molecule has 0 aliphatic carbocycles. The van der Waals surface area contributed by atoms with Crippen LogP contribution in [-0.2, 0) is 0 Å². The Morgan fingerprint density at radius 1 is 1.10 bits per heavy atom. The molecule has 1 heterocycles. The van der Waals surface area contributed by atoms with Gasteiger partial charge in [-0.3, -0.25) is 10.1 Å². The Labute approximate surface area is 124 Å². The summed E-state index contributed by atoms with van der Waals surface area (Å²) < 4.78 is 0. The van der Waals surface area contributed by atoms with E-state index >= 15 is 0 Å². The van der Waals surface area contributed by atoms with Crippen LogP contribution in [0.5, 0.6) is 0 Å². The molecule has 21 heavy (non-hydrogen) atoms. The first kappa shape index (κ1) is 15.0. The van der Waals surface area contributed by atoms with Crippen LogP contribution in [0.2, 0.25) is 0 Å². The van der Waals surface area contributed by atoms with Crippen molar-refractivity contribution in [3.63, 3.8) is 0 Å². The molecule has 0 fully saturated rings. The SMILES string of the molecule is CCNc1ccc(C(=O)Nc2nc(C)cc(C)n2)c(C)c1. The van der Waals surface area contributed by atoms with Crippen LogP contribution in [0.3, 0.4) is 0 Å². The number of nitrogens with one attached hydrogen (secondary N) is 2. The minimum Gasteiger partial charge on any atom is -0.385 e. The maximum absolute atomic E-state index is 12.3. The van der Waals surface area contributed by atoms with Crippen molar-refractivity contribution in [2.75, 3.05) is 17.2 Å². The molecule has 2 N–H and O–H groups in total. The number of carbonyl (C=O) groups excluding carboxylic acids is 1. The molecule has 0 unspecified atom stereocenters. The van der Waals surface area contributed by atoms with E-state index in [4.69, 9.17) is 0 Å². The Hall–Kier alpha value is -2.43. The van der Waals surface area contributed by atoms with Gasteiger partial charge in [-0.05, 0) is 57.5 Å². The van der Waals surface area contributed by atoms with E-state index in [2.05, 4.69) is 20.6 Å². The van der Waals surface area contributed by atoms with Crippen LogP contribution in [0.25, 0.3) is 0 Å². The largest absolute Gasteiger partial charge is 0.385 e. The molecule has 5 nitrogen and oxygen atoms in total. The van der Waals surface area contributed by atoms with E-state index in [0.717, 1.165) is 29.2 Å². The van der Waals surface area contributed by atoms with Crippen LogP contribution in [0.15, 0.2) is 24.3 Å². The van der Waals surface area contributed by atoms with Crippen LogP contribution < -0.4 is 10.6 Å². The van der Waals surface area contributed by atoms with Crippen molar-refractivity contribution >= 4 is 17.5 Å². The molecule has 0 radical (unpaired) electrons. The third kappa shape index (κ3) is 3.78. The van der Waals surface area contributed by atoms with Crippen molar-refractivity contribution in [3.05, 3.63) is 46.8 Å². The van der Waals surface area contributed by atoms with E-state index in [1.54, 1.807) is 0 Å². The first-order valence-corrected chi connectivity index (χ1v) is 6.97. The van der Waals surface area contributed by atoms with Crippen molar-refractivity contribution < 1.29 is 4.79 Å². The minimum absolute atomic E-state index is 0.194. The molecule has 0 bridgehead atoms. The van der Waals surface area contributed by atoms with Gasteiger partial charge in [-0.2, -0.15) is 0 Å². The van der Waals surface area contributed by atoms with Gasteiger partial charge in [0.05, 0.1) is 0 Å². The standard InChI is InChI=1S/C16H20N4O/c1-5-17-13-6-7-14(10(2)8-13)15(21)20-16-18-11(3)9-12(4)19-16/h6-9,17H,5H2,1-4H3,(H,18,19,20,21). The molecule has 1 aromatic carbocycles. The second kappa shape index (κ2) is 6.35. The fourth-order valence-corrected chi connectivity index (χ4v) is 2.18. The van der Waals surface area contributed by atoms with E-state index < -0.39 is 0 Å². The molecule has 0 spiro atoms. The fourth-order valence-electron chi connectivity index (χ4n) is 2.18. The third-order valence-electron chi connectivity index (χ3n) is 3.06. The summed E-state index contributed by atoms with van der Waals surface area (Å²) in [5.74, 6) is 0.146. The topological polar surface area (TPSA) is 66.9 Å². The number of hydrogen-bond acceptors (Lipinski definition) is 4. The van der Waals surface area contributed by atoms with Gasteiger partial charge in [0.1, 0.15) is 0 Å². The summed E-state index contributed by atoms with van der Waals surface area (Å²) in [7, 11) is 0. The smallest absolute Gasteiger partial charge is 0.258 e. The van der Waals surface area contributed by atoms with Crippen molar-refractivity contribution in [2.24, 2.45) is 0 Å². The van der Waals surface area contributed by atoms with Crippen molar-refractivity contribution in [1.82, 2.24) is 9.97 Å². The average Bonchev–Trinajstić information content (AvgIpc) is 2.37. The van der Waals surface area contributed by atoms with E-state index in [-0.39, 0.29) is 5.91 Å². The summed E-state index contributed by atoms with van der Waals surface area (Å²) in [5, 5.41) is 5.97. The number of carbonyl (C=O) groups is 1. The van der Waals surface area contributed by atoms with Gasteiger partial charge >= 0.3 is 0 Å². The molecule has 5 heteroatoms. The lowest BCUT2D eigenvalue weighted by molar-refractivity contribution is 0.102. The molecular formula is C16H20N4O. The first-order chi connectivity index (χ1) is 9.99. The molecule has 0 saturated carbocycles. The molecule has 1 amide bonds. The van der Waals surface area contributed by atoms with Gasteiger partial charge in [-0.15, -0.1) is 0 Å². The van der Waals surface area contributed by atoms with E-state index in [1.165, 1.54) is 0 Å². The quantitative estimate of drug-likeness (QED) is 0.905. The molecule has 2 aromatic rings. The zero-order valence-electron chi connectivity index (χ0n) is 12.8. The van der Waals surface area contributed by atoms with Gasteiger partial charge in [0.25, 0.3) is 5.91 Å². The number of nitrogens with zero attached hydrogens (tertiary/aromatic N) is 2. The van der Waals surface area contributed by atoms with Crippen LogP contribution in [0.1, 0.15) is 34.2 Å². The zero-order valence-corrected chi connectivity index (χ0v) is 12.8. The predicted molar refractivity (Wildman–Crippen MR) is 84.8 cm³/mol. The van der Waals surface area contributed by atoms with E-state index in [1.807, 2.05) is 52.0 Å². The predicted octanol–water partition coefficient (Wildman–Crippen LogP) is 3.09. The second-order valence-electron chi connectivity index (χ2n) is 4.99. The van der Waals surface area contributed by atoms with Gasteiger partial charge in [-0.25, -0.2) is 9.97 Å². The molecule has 0 aliphatic heterocycles. The van der Waals surface area contributed by atoms with E-state index in [9.17, 15) is 4.79 Å². The summed E-state index contributed by atoms with van der Waals surface area (Å²) in [6.07, 6.45) is 0. The van der Waals surface area contributed by atoms with Crippen molar-refractivity contribution in [1.29, 1.82) is 0 Å². The Bertz CT molecular complexity index is 647. The molecule has 2 rings (SSSR count). The summed E-state index contributed by atoms with van der Waals surface area (Å²) >= 11 is 0. The molecule has 0 saturated heterocycles. The van der Waals surface area contributed by atoms with Gasteiger partial charge in [0, 0.05) is 29.2 Å². The van der Waals surface area contributed by atoms with Crippen LogP contribution in [-0.4, -0.2) is 22.4 Å². The Kier molecular flexibility index (Phi) is 4.52. The summed E-state index contributed by atoms with van der Waals surface area (Å²) in [6.45, 7) is 8.55. The molecule has 0 atom stereocenters. The number of aryl methyl sites for hydroxylation is 3. The fraction of sp³-hybridized carbons (Fsp3) is 0.312. The van der Waals surface area contributed by atoms with Crippen LogP contribution >= 0.6 is 0 Å². The lowest BCUT2D eigenvalue weighted by Gasteiger charge is -2.10. The summed E-state index contributed by atoms with van der Waals surface area (Å²) in [5.41, 5.74) is 4.21. The zero-order chi connectivity index (χ0) is 15.4. The summed E-state index contributed by atoms with van der Waals surface area (Å²) in [6, 6.07) is 7.53. The number of anilines is 2. The number of rotatable bonds is 4. The van der Waals surface area contributed by atoms with Crippen LogP contribution in [0, 0.1) is 20.8 Å². The first-order valence-electron chi connectivity index (χ1n) is 6.97. The normalized spacial score (nSPS) is 10.3. The number of aromatic nitrogens is 2. The van der Waals surface area contributed by atoms with Crippen molar-refractivity contribution in [3.8, 4) is 0 Å². The number of amides is 1. The summed E-state index contributed by atoms with van der Waals surface area (Å²) in [4.78, 5) is 20.8. The van der Waals surface area contributed by atoms with Crippen molar-refractivity contribution in [2.45, 2.75) is 27.7 Å². The third-order valence-corrected chi connectivity index (χ3v) is 3.06.